The number of hydrogen-bond donors (Lipinski definition) is 5. The predicted molar refractivity (Wildman–Crippen MR) is 124 cm³/mol. The zero-order valence-corrected chi connectivity index (χ0v) is 17.4. The van der Waals surface area contributed by atoms with Crippen molar-refractivity contribution >= 4 is 23.2 Å². The summed E-state index contributed by atoms with van der Waals surface area (Å²) in [6.45, 7) is -0.171. The molecule has 1 heterocycles. The average molecular weight is 435 g/mol. The number of anilines is 3. The van der Waals surface area contributed by atoms with Crippen LogP contribution in [-0.4, -0.2) is 33.7 Å². The fraction of sp³-hybridized carbons (Fsp3) is 0.261. The van der Waals surface area contributed by atoms with Crippen LogP contribution in [0, 0.1) is 0 Å². The van der Waals surface area contributed by atoms with E-state index in [0.29, 0.717) is 17.0 Å². The number of nitrogens with two attached hydrogens (primary N) is 2. The number of H-pyrrole nitrogens is 1. The maximum Gasteiger partial charge on any atom is 0.322 e. The van der Waals surface area contributed by atoms with E-state index in [1.807, 2.05) is 42.5 Å². The van der Waals surface area contributed by atoms with Crippen molar-refractivity contribution in [2.75, 3.05) is 23.3 Å². The smallest absolute Gasteiger partial charge is 0.322 e. The van der Waals surface area contributed by atoms with Crippen molar-refractivity contribution in [3.63, 3.8) is 0 Å². The highest BCUT2D eigenvalue weighted by Crippen LogP contribution is 2.36. The van der Waals surface area contributed by atoms with Crippen LogP contribution < -0.4 is 27.1 Å². The summed E-state index contributed by atoms with van der Waals surface area (Å²) in [5, 5.41) is 11.8. The van der Waals surface area contributed by atoms with Crippen molar-refractivity contribution < 1.29 is 14.6 Å². The molecule has 1 aliphatic carbocycles. The second kappa shape index (κ2) is 9.01. The number of nitrogens with zero attached hydrogens (tertiary/aromatic N) is 1. The van der Waals surface area contributed by atoms with Crippen molar-refractivity contribution in [1.29, 1.82) is 0 Å². The van der Waals surface area contributed by atoms with Crippen LogP contribution in [0.25, 0.3) is 22.5 Å². The van der Waals surface area contributed by atoms with E-state index in [2.05, 4.69) is 15.3 Å². The highest BCUT2D eigenvalue weighted by molar-refractivity contribution is 5.77. The number of carbonyl (C=O) groups is 1. The van der Waals surface area contributed by atoms with Crippen LogP contribution in [0.4, 0.5) is 17.2 Å². The number of hydrogen-bond acceptors (Lipinski definition) is 7. The maximum atomic E-state index is 12.1. The predicted octanol–water partition coefficient (Wildman–Crippen LogP) is 3.09. The lowest BCUT2D eigenvalue weighted by Crippen LogP contribution is -2.18. The first kappa shape index (κ1) is 21.2. The molecule has 7 N–H and O–H groups in total. The number of aromatic nitrogens is 2. The summed E-state index contributed by atoms with van der Waals surface area (Å²) in [5.41, 5.74) is 13.9. The summed E-state index contributed by atoms with van der Waals surface area (Å²) in [5.74, 6) is -0.0862. The number of nitrogen functional groups attached to an aromatic ring is 2. The quantitative estimate of drug-likeness (QED) is 0.379. The number of carboxylic acid groups (broad SMARTS) is 1. The van der Waals surface area contributed by atoms with Gasteiger partial charge in [-0.15, -0.1) is 0 Å². The van der Waals surface area contributed by atoms with E-state index in [-0.39, 0.29) is 30.0 Å². The lowest BCUT2D eigenvalue weighted by atomic mass is 10.0. The van der Waals surface area contributed by atoms with E-state index in [9.17, 15) is 9.59 Å². The van der Waals surface area contributed by atoms with Gasteiger partial charge in [-0.1, -0.05) is 18.2 Å². The van der Waals surface area contributed by atoms with Crippen LogP contribution in [0.3, 0.4) is 0 Å². The van der Waals surface area contributed by atoms with Crippen molar-refractivity contribution in [3.8, 4) is 28.3 Å². The fourth-order valence-electron chi connectivity index (χ4n) is 3.79. The Kier molecular flexibility index (Phi) is 5.98. The first-order valence-electron chi connectivity index (χ1n) is 10.4. The summed E-state index contributed by atoms with van der Waals surface area (Å²) in [6.07, 6.45) is 4.24. The number of aliphatic carboxylic acids is 1. The largest absolute Gasteiger partial charge is 0.490 e. The third-order valence-corrected chi connectivity index (χ3v) is 5.46. The highest BCUT2D eigenvalue weighted by Gasteiger charge is 2.20. The second-order valence-electron chi connectivity index (χ2n) is 7.78. The lowest BCUT2D eigenvalue weighted by Gasteiger charge is -2.18. The Hall–Kier alpha value is -4.01. The average Bonchev–Trinajstić information content (AvgIpc) is 3.29. The van der Waals surface area contributed by atoms with Gasteiger partial charge in [0.15, 0.2) is 5.82 Å². The molecule has 0 atom stereocenters. The van der Waals surface area contributed by atoms with Gasteiger partial charge in [0, 0.05) is 5.69 Å². The van der Waals surface area contributed by atoms with Crippen LogP contribution in [0.15, 0.2) is 47.3 Å². The number of nitrogens with one attached hydrogen (secondary N) is 2. The molecule has 0 bridgehead atoms. The third-order valence-electron chi connectivity index (χ3n) is 5.46. The van der Waals surface area contributed by atoms with Gasteiger partial charge in [0.2, 0.25) is 0 Å². The minimum atomic E-state index is -0.934. The number of rotatable bonds is 7. The molecule has 0 unspecified atom stereocenters. The van der Waals surface area contributed by atoms with Crippen LogP contribution in [0.2, 0.25) is 0 Å². The molecule has 1 aliphatic rings. The van der Waals surface area contributed by atoms with E-state index in [1.54, 1.807) is 0 Å². The van der Waals surface area contributed by atoms with Crippen molar-refractivity contribution in [3.05, 3.63) is 52.8 Å². The molecule has 4 rings (SSSR count). The molecule has 9 nitrogen and oxygen atoms in total. The van der Waals surface area contributed by atoms with Gasteiger partial charge in [-0.05, 0) is 61.1 Å². The molecule has 0 radical (unpaired) electrons. The molecular weight excluding hydrogens is 410 g/mol. The van der Waals surface area contributed by atoms with Crippen LogP contribution in [0.1, 0.15) is 25.7 Å². The molecular formula is C23H25N5O4. The Morgan fingerprint density at radius 2 is 1.91 bits per heavy atom. The van der Waals surface area contributed by atoms with Gasteiger partial charge in [0.1, 0.15) is 23.8 Å². The Bertz CT molecular complexity index is 1200. The molecule has 0 amide bonds. The zero-order chi connectivity index (χ0) is 22.7. The zero-order valence-electron chi connectivity index (χ0n) is 17.4. The SMILES string of the molecule is Nc1nc(-c2ccc(-c3cccc(NCC(=O)O)c3)cc2OC2CCCC2)[nH]c(=O)c1N. The molecule has 1 saturated carbocycles. The van der Waals surface area contributed by atoms with Gasteiger partial charge in [-0.3, -0.25) is 9.59 Å². The van der Waals surface area contributed by atoms with E-state index >= 15 is 0 Å². The van der Waals surface area contributed by atoms with E-state index in [1.165, 1.54) is 0 Å². The first-order chi connectivity index (χ1) is 15.4. The Labute approximate surface area is 184 Å². The van der Waals surface area contributed by atoms with E-state index in [4.69, 9.17) is 21.3 Å². The summed E-state index contributed by atoms with van der Waals surface area (Å²) in [7, 11) is 0. The number of aromatic amines is 1. The Balaban J connectivity index is 1.74. The van der Waals surface area contributed by atoms with Gasteiger partial charge in [-0.2, -0.15) is 0 Å². The topological polar surface area (TPSA) is 156 Å². The van der Waals surface area contributed by atoms with Crippen molar-refractivity contribution in [2.45, 2.75) is 31.8 Å². The molecule has 1 aromatic heterocycles. The molecule has 2 aromatic carbocycles. The Morgan fingerprint density at radius 3 is 2.62 bits per heavy atom. The maximum absolute atomic E-state index is 12.1. The van der Waals surface area contributed by atoms with Gasteiger partial charge in [0.25, 0.3) is 5.56 Å². The molecule has 0 aliphatic heterocycles. The number of benzene rings is 2. The van der Waals surface area contributed by atoms with Gasteiger partial charge in [-0.25, -0.2) is 4.98 Å². The summed E-state index contributed by atoms with van der Waals surface area (Å²) in [6, 6.07) is 13.1. The van der Waals surface area contributed by atoms with Crippen molar-refractivity contribution in [1.82, 2.24) is 9.97 Å². The summed E-state index contributed by atoms with van der Waals surface area (Å²) in [4.78, 5) is 29.9. The van der Waals surface area contributed by atoms with Gasteiger partial charge < -0.3 is 31.6 Å². The minimum Gasteiger partial charge on any atom is -0.490 e. The molecule has 0 saturated heterocycles. The third kappa shape index (κ3) is 4.66. The standard InChI is InChI=1S/C23H25N5O4/c24-20-21(25)27-22(28-23(20)31)17-9-8-14(11-18(17)32-16-6-1-2-7-16)13-4-3-5-15(10-13)26-12-19(29)30/h3-5,8-11,16,26H,1-2,6-7,12,24H2,(H,29,30)(H3,25,27,28,31). The first-order valence-corrected chi connectivity index (χ1v) is 10.4. The van der Waals surface area contributed by atoms with Crippen LogP contribution in [0.5, 0.6) is 5.75 Å². The fourth-order valence-corrected chi connectivity index (χ4v) is 3.79. The second-order valence-corrected chi connectivity index (χ2v) is 7.78. The number of ether oxygens (including phenoxy) is 1. The number of carboxylic acids is 1. The van der Waals surface area contributed by atoms with Crippen LogP contribution in [-0.2, 0) is 4.79 Å². The molecule has 0 spiro atoms. The molecule has 3 aromatic rings. The van der Waals surface area contributed by atoms with Gasteiger partial charge >= 0.3 is 5.97 Å². The van der Waals surface area contributed by atoms with E-state index in [0.717, 1.165) is 36.8 Å². The van der Waals surface area contributed by atoms with Crippen LogP contribution >= 0.6 is 0 Å². The summed E-state index contributed by atoms with van der Waals surface area (Å²) < 4.78 is 6.31. The molecule has 32 heavy (non-hydrogen) atoms. The molecule has 166 valence electrons. The monoisotopic (exact) mass is 435 g/mol. The van der Waals surface area contributed by atoms with Crippen molar-refractivity contribution in [2.24, 2.45) is 0 Å². The minimum absolute atomic E-state index is 0.0307. The molecule has 9 heteroatoms. The Morgan fingerprint density at radius 1 is 1.16 bits per heavy atom. The van der Waals surface area contributed by atoms with E-state index < -0.39 is 11.5 Å². The normalized spacial score (nSPS) is 13.8. The lowest BCUT2D eigenvalue weighted by molar-refractivity contribution is -0.134. The van der Waals surface area contributed by atoms with Gasteiger partial charge in [0.05, 0.1) is 11.7 Å². The molecule has 1 fully saturated rings. The summed E-state index contributed by atoms with van der Waals surface area (Å²) >= 11 is 0. The highest BCUT2D eigenvalue weighted by atomic mass is 16.5.